The molecule has 0 amide bonds. The quantitative estimate of drug-likeness (QED) is 0.898. The Morgan fingerprint density at radius 1 is 1.00 bits per heavy atom. The molecule has 0 saturated carbocycles. The number of nitrogens with two attached hydrogens (primary N) is 1. The second-order valence-electron chi connectivity index (χ2n) is 5.25. The third-order valence-corrected chi connectivity index (χ3v) is 4.63. The summed E-state index contributed by atoms with van der Waals surface area (Å²) in [6, 6.07) is 18.9. The van der Waals surface area contributed by atoms with Gasteiger partial charge in [0.2, 0.25) is 0 Å². The summed E-state index contributed by atoms with van der Waals surface area (Å²) in [5.74, 6) is 0.235. The van der Waals surface area contributed by atoms with E-state index in [4.69, 9.17) is 5.14 Å². The maximum Gasteiger partial charge on any atom is 0.0917 e. The number of hydrogen-bond acceptors (Lipinski definition) is 1. The van der Waals surface area contributed by atoms with E-state index in [9.17, 15) is 4.21 Å². The van der Waals surface area contributed by atoms with Crippen molar-refractivity contribution in [1.29, 1.82) is 0 Å². The normalized spacial score (nSPS) is 15.6. The van der Waals surface area contributed by atoms with Crippen molar-refractivity contribution >= 4 is 11.0 Å². The average Bonchev–Trinajstić information content (AvgIpc) is 2.46. The molecule has 0 aromatic heterocycles. The van der Waals surface area contributed by atoms with Gasteiger partial charge in [-0.3, -0.25) is 5.14 Å². The molecule has 3 atom stereocenters. The lowest BCUT2D eigenvalue weighted by molar-refractivity contribution is 0.649. The van der Waals surface area contributed by atoms with Crippen molar-refractivity contribution in [2.24, 2.45) is 5.14 Å². The molecule has 2 unspecified atom stereocenters. The third-order valence-electron chi connectivity index (χ3n) is 3.65. The molecule has 0 spiro atoms. The lowest BCUT2D eigenvalue weighted by atomic mass is 9.87. The molecule has 0 aliphatic carbocycles. The Balaban J connectivity index is 2.34. The SMILES string of the molecule is Cc1ccc([C@H](CC(C)S(N)=O)c2ccccc2)cc1. The molecular weight excluding hydrogens is 266 g/mol. The number of hydrogen-bond donors (Lipinski definition) is 1. The van der Waals surface area contributed by atoms with Gasteiger partial charge < -0.3 is 0 Å². The second kappa shape index (κ2) is 6.82. The molecule has 2 aromatic rings. The lowest BCUT2D eigenvalue weighted by Crippen LogP contribution is -2.21. The fourth-order valence-corrected chi connectivity index (χ4v) is 2.76. The van der Waals surface area contributed by atoms with Gasteiger partial charge in [-0.1, -0.05) is 60.2 Å². The fourth-order valence-electron chi connectivity index (χ4n) is 2.38. The first-order chi connectivity index (χ1) is 9.58. The average molecular weight is 287 g/mol. The molecule has 0 fully saturated rings. The summed E-state index contributed by atoms with van der Waals surface area (Å²) in [6.45, 7) is 4.03. The summed E-state index contributed by atoms with van der Waals surface area (Å²) in [5, 5.41) is 5.51. The highest BCUT2D eigenvalue weighted by Crippen LogP contribution is 2.30. The van der Waals surface area contributed by atoms with Crippen molar-refractivity contribution in [2.75, 3.05) is 0 Å². The number of aryl methyl sites for hydroxylation is 1. The van der Waals surface area contributed by atoms with Crippen LogP contribution in [0, 0.1) is 6.92 Å². The molecule has 0 heterocycles. The molecule has 106 valence electrons. The summed E-state index contributed by atoms with van der Waals surface area (Å²) in [7, 11) is -1.28. The maximum absolute atomic E-state index is 11.5. The largest absolute Gasteiger partial charge is 0.252 e. The number of rotatable bonds is 5. The molecule has 0 aliphatic rings. The summed E-state index contributed by atoms with van der Waals surface area (Å²) >= 11 is 0. The molecular formula is C17H21NOS. The van der Waals surface area contributed by atoms with E-state index in [1.807, 2.05) is 25.1 Å². The Labute approximate surface area is 123 Å². The van der Waals surface area contributed by atoms with Crippen LogP contribution in [0.5, 0.6) is 0 Å². The molecule has 20 heavy (non-hydrogen) atoms. The van der Waals surface area contributed by atoms with Gasteiger partial charge in [-0.15, -0.1) is 0 Å². The van der Waals surface area contributed by atoms with Crippen LogP contribution in [-0.2, 0) is 11.0 Å². The van der Waals surface area contributed by atoms with E-state index >= 15 is 0 Å². The molecule has 3 heteroatoms. The van der Waals surface area contributed by atoms with Crippen LogP contribution in [0.3, 0.4) is 0 Å². The second-order valence-corrected chi connectivity index (χ2v) is 6.71. The van der Waals surface area contributed by atoms with Gasteiger partial charge >= 0.3 is 0 Å². The van der Waals surface area contributed by atoms with Crippen LogP contribution in [0.2, 0.25) is 0 Å². The minimum absolute atomic E-state index is 0.0264. The van der Waals surface area contributed by atoms with Crippen molar-refractivity contribution in [2.45, 2.75) is 31.4 Å². The van der Waals surface area contributed by atoms with Gasteiger partial charge in [0.25, 0.3) is 0 Å². The van der Waals surface area contributed by atoms with Crippen LogP contribution in [0.25, 0.3) is 0 Å². The van der Waals surface area contributed by atoms with Gasteiger partial charge in [-0.05, 0) is 31.4 Å². The van der Waals surface area contributed by atoms with Crippen molar-refractivity contribution in [1.82, 2.24) is 0 Å². The summed E-state index contributed by atoms with van der Waals surface area (Å²) in [4.78, 5) is 0. The van der Waals surface area contributed by atoms with E-state index in [0.29, 0.717) is 0 Å². The standard InChI is InChI=1S/C17H21NOS/c1-13-8-10-16(11-9-13)17(12-14(2)20(18)19)15-6-4-3-5-7-15/h3-11,14,17H,12,18H2,1-2H3/t14?,17-,20?/m1/s1. The van der Waals surface area contributed by atoms with Crippen molar-refractivity contribution < 1.29 is 4.21 Å². The van der Waals surface area contributed by atoms with Crippen LogP contribution in [0.4, 0.5) is 0 Å². The van der Waals surface area contributed by atoms with Crippen LogP contribution in [0.15, 0.2) is 54.6 Å². The van der Waals surface area contributed by atoms with E-state index < -0.39 is 11.0 Å². The van der Waals surface area contributed by atoms with Gasteiger partial charge in [0, 0.05) is 11.2 Å². The summed E-state index contributed by atoms with van der Waals surface area (Å²) < 4.78 is 11.5. The van der Waals surface area contributed by atoms with Gasteiger partial charge in [-0.25, -0.2) is 4.21 Å². The Morgan fingerprint density at radius 2 is 1.55 bits per heavy atom. The lowest BCUT2D eigenvalue weighted by Gasteiger charge is -2.21. The Kier molecular flexibility index (Phi) is 5.10. The fraction of sp³-hybridized carbons (Fsp3) is 0.294. The molecule has 2 rings (SSSR count). The van der Waals surface area contributed by atoms with E-state index in [1.54, 1.807) is 0 Å². The molecule has 2 N–H and O–H groups in total. The highest BCUT2D eigenvalue weighted by molar-refractivity contribution is 7.83. The first-order valence-electron chi connectivity index (χ1n) is 6.84. The van der Waals surface area contributed by atoms with E-state index in [-0.39, 0.29) is 11.2 Å². The molecule has 0 saturated heterocycles. The van der Waals surface area contributed by atoms with Crippen LogP contribution in [-0.4, -0.2) is 9.46 Å². The number of benzene rings is 2. The maximum atomic E-state index is 11.5. The topological polar surface area (TPSA) is 43.1 Å². The Bertz CT molecular complexity index is 565. The zero-order chi connectivity index (χ0) is 14.5. The minimum atomic E-state index is -1.28. The van der Waals surface area contributed by atoms with Gasteiger partial charge in [0.05, 0.1) is 11.0 Å². The predicted molar refractivity (Wildman–Crippen MR) is 85.9 cm³/mol. The van der Waals surface area contributed by atoms with Gasteiger partial charge in [0.1, 0.15) is 0 Å². The van der Waals surface area contributed by atoms with Crippen LogP contribution < -0.4 is 5.14 Å². The highest BCUT2D eigenvalue weighted by atomic mass is 32.2. The molecule has 2 nitrogen and oxygen atoms in total. The van der Waals surface area contributed by atoms with E-state index in [1.165, 1.54) is 16.7 Å². The van der Waals surface area contributed by atoms with Gasteiger partial charge in [-0.2, -0.15) is 0 Å². The van der Waals surface area contributed by atoms with Crippen molar-refractivity contribution in [3.63, 3.8) is 0 Å². The minimum Gasteiger partial charge on any atom is -0.252 e. The first-order valence-corrected chi connectivity index (χ1v) is 8.12. The zero-order valence-electron chi connectivity index (χ0n) is 12.0. The Hall–Kier alpha value is -1.45. The monoisotopic (exact) mass is 287 g/mol. The van der Waals surface area contributed by atoms with Crippen molar-refractivity contribution in [3.05, 3.63) is 71.3 Å². The zero-order valence-corrected chi connectivity index (χ0v) is 12.8. The van der Waals surface area contributed by atoms with E-state index in [0.717, 1.165) is 6.42 Å². The highest BCUT2D eigenvalue weighted by Gasteiger charge is 2.19. The van der Waals surface area contributed by atoms with Crippen LogP contribution >= 0.6 is 0 Å². The predicted octanol–water partition coefficient (Wildman–Crippen LogP) is 3.53. The summed E-state index contributed by atoms with van der Waals surface area (Å²) in [6.07, 6.45) is 0.788. The van der Waals surface area contributed by atoms with Crippen molar-refractivity contribution in [3.8, 4) is 0 Å². The Morgan fingerprint density at radius 3 is 2.10 bits per heavy atom. The molecule has 0 radical (unpaired) electrons. The first kappa shape index (κ1) is 14.9. The molecule has 0 aliphatic heterocycles. The third kappa shape index (κ3) is 3.78. The molecule has 2 aromatic carbocycles. The summed E-state index contributed by atoms with van der Waals surface area (Å²) in [5.41, 5.74) is 3.74. The van der Waals surface area contributed by atoms with Crippen LogP contribution in [0.1, 0.15) is 36.0 Å². The van der Waals surface area contributed by atoms with Gasteiger partial charge in [0.15, 0.2) is 0 Å². The smallest absolute Gasteiger partial charge is 0.0917 e. The molecule has 0 bridgehead atoms. The van der Waals surface area contributed by atoms with E-state index in [2.05, 4.69) is 43.3 Å².